The highest BCUT2D eigenvalue weighted by molar-refractivity contribution is 7.88. The number of ether oxygens (including phenoxy) is 2. The summed E-state index contributed by atoms with van der Waals surface area (Å²) in [6.07, 6.45) is 4.96. The molecule has 3 rings (SSSR count). The normalized spacial score (nSPS) is 21.5. The third-order valence-corrected chi connectivity index (χ3v) is 7.03. The number of amides is 1. The second-order valence-electron chi connectivity index (χ2n) is 7.95. The summed E-state index contributed by atoms with van der Waals surface area (Å²) in [5.74, 6) is 0.506. The average Bonchev–Trinajstić information content (AvgIpc) is 2.76. The number of carbonyl (C=O) groups is 1. The van der Waals surface area contributed by atoms with Crippen LogP contribution in [-0.4, -0.2) is 87.9 Å². The van der Waals surface area contributed by atoms with Crippen LogP contribution in [0.25, 0.3) is 0 Å². The van der Waals surface area contributed by atoms with Gasteiger partial charge in [0.25, 0.3) is 5.91 Å². The molecule has 2 heterocycles. The molecule has 0 bridgehead atoms. The van der Waals surface area contributed by atoms with Crippen LogP contribution < -0.4 is 10.1 Å². The van der Waals surface area contributed by atoms with Crippen molar-refractivity contribution in [2.75, 3.05) is 52.3 Å². The summed E-state index contributed by atoms with van der Waals surface area (Å²) in [4.78, 5) is 14.6. The van der Waals surface area contributed by atoms with Gasteiger partial charge in [0.1, 0.15) is 5.75 Å². The highest BCUT2D eigenvalue weighted by Gasteiger charge is 2.33. The van der Waals surface area contributed by atoms with Gasteiger partial charge in [0.15, 0.2) is 6.61 Å². The van der Waals surface area contributed by atoms with Crippen LogP contribution in [0.2, 0.25) is 0 Å². The smallest absolute Gasteiger partial charge is 0.257 e. The van der Waals surface area contributed by atoms with Crippen LogP contribution in [-0.2, 0) is 19.6 Å². The second-order valence-corrected chi connectivity index (χ2v) is 9.93. The Bertz CT molecular complexity index is 768. The van der Waals surface area contributed by atoms with Crippen molar-refractivity contribution in [1.29, 1.82) is 0 Å². The number of para-hydroxylation sites is 1. The van der Waals surface area contributed by atoms with Crippen LogP contribution in [0.4, 0.5) is 0 Å². The fourth-order valence-electron chi connectivity index (χ4n) is 4.21. The summed E-state index contributed by atoms with van der Waals surface area (Å²) in [6, 6.07) is 9.77. The third kappa shape index (κ3) is 6.94. The molecule has 168 valence electrons. The minimum atomic E-state index is -3.19. The Morgan fingerprint density at radius 2 is 1.93 bits per heavy atom. The molecule has 2 saturated heterocycles. The minimum absolute atomic E-state index is 0.0213. The van der Waals surface area contributed by atoms with Crippen LogP contribution in [0, 0.1) is 0 Å². The molecule has 1 amide bonds. The van der Waals surface area contributed by atoms with Crippen molar-refractivity contribution < 1.29 is 22.7 Å². The van der Waals surface area contributed by atoms with Crippen LogP contribution in [0.3, 0.4) is 0 Å². The average molecular weight is 440 g/mol. The molecule has 0 spiro atoms. The van der Waals surface area contributed by atoms with E-state index in [4.69, 9.17) is 9.47 Å². The highest BCUT2D eigenvalue weighted by atomic mass is 32.2. The first-order valence-electron chi connectivity index (χ1n) is 10.7. The first kappa shape index (κ1) is 23.0. The molecule has 8 nitrogen and oxygen atoms in total. The van der Waals surface area contributed by atoms with Gasteiger partial charge in [0.05, 0.1) is 6.26 Å². The highest BCUT2D eigenvalue weighted by Crippen LogP contribution is 2.24. The van der Waals surface area contributed by atoms with Gasteiger partial charge in [-0.2, -0.15) is 0 Å². The number of nitrogens with zero attached hydrogens (tertiary/aromatic N) is 2. The first-order chi connectivity index (χ1) is 14.4. The van der Waals surface area contributed by atoms with Gasteiger partial charge in [0.2, 0.25) is 10.0 Å². The maximum atomic E-state index is 12.2. The lowest BCUT2D eigenvalue weighted by Gasteiger charge is -2.43. The molecular weight excluding hydrogens is 406 g/mol. The monoisotopic (exact) mass is 439 g/mol. The third-order valence-electron chi connectivity index (χ3n) is 5.76. The number of nitrogens with one attached hydrogen (secondary N) is 1. The zero-order valence-electron chi connectivity index (χ0n) is 17.7. The number of sulfonamides is 1. The van der Waals surface area contributed by atoms with Gasteiger partial charge in [0, 0.05) is 51.5 Å². The van der Waals surface area contributed by atoms with E-state index in [0.29, 0.717) is 38.0 Å². The van der Waals surface area contributed by atoms with E-state index < -0.39 is 10.0 Å². The molecule has 30 heavy (non-hydrogen) atoms. The van der Waals surface area contributed by atoms with Crippen LogP contribution in [0.5, 0.6) is 5.75 Å². The Balaban J connectivity index is 1.53. The summed E-state index contributed by atoms with van der Waals surface area (Å²) in [6.45, 7) is 3.72. The second kappa shape index (κ2) is 11.1. The van der Waals surface area contributed by atoms with Gasteiger partial charge in [-0.05, 0) is 37.8 Å². The van der Waals surface area contributed by atoms with Gasteiger partial charge in [-0.1, -0.05) is 18.2 Å². The van der Waals surface area contributed by atoms with E-state index in [0.717, 1.165) is 38.9 Å². The predicted molar refractivity (Wildman–Crippen MR) is 115 cm³/mol. The van der Waals surface area contributed by atoms with Crippen molar-refractivity contribution in [2.45, 2.75) is 37.8 Å². The molecular formula is C21H33N3O5S. The van der Waals surface area contributed by atoms with Gasteiger partial charge in [-0.25, -0.2) is 12.7 Å². The Hall–Kier alpha value is -1.68. The van der Waals surface area contributed by atoms with Crippen LogP contribution in [0.15, 0.2) is 30.3 Å². The van der Waals surface area contributed by atoms with E-state index in [2.05, 4.69) is 10.2 Å². The molecule has 2 aliphatic heterocycles. The van der Waals surface area contributed by atoms with Gasteiger partial charge >= 0.3 is 0 Å². The Morgan fingerprint density at radius 3 is 2.63 bits per heavy atom. The molecule has 2 aliphatic rings. The molecule has 1 atom stereocenters. The molecule has 0 saturated carbocycles. The van der Waals surface area contributed by atoms with E-state index in [1.807, 2.05) is 30.3 Å². The van der Waals surface area contributed by atoms with Gasteiger partial charge < -0.3 is 14.8 Å². The number of carbonyl (C=O) groups excluding carboxylic acids is 1. The van der Waals surface area contributed by atoms with E-state index in [9.17, 15) is 13.2 Å². The van der Waals surface area contributed by atoms with Crippen molar-refractivity contribution >= 4 is 15.9 Å². The maximum Gasteiger partial charge on any atom is 0.257 e. The van der Waals surface area contributed by atoms with E-state index in [1.165, 1.54) is 6.26 Å². The van der Waals surface area contributed by atoms with Crippen molar-refractivity contribution in [2.24, 2.45) is 0 Å². The van der Waals surface area contributed by atoms with Gasteiger partial charge in [-0.15, -0.1) is 0 Å². The minimum Gasteiger partial charge on any atom is -0.484 e. The first-order valence-corrected chi connectivity index (χ1v) is 12.5. The van der Waals surface area contributed by atoms with E-state index in [-0.39, 0.29) is 18.6 Å². The van der Waals surface area contributed by atoms with Crippen molar-refractivity contribution in [3.05, 3.63) is 30.3 Å². The molecule has 1 aromatic carbocycles. The number of hydrogen-bond acceptors (Lipinski definition) is 6. The summed E-state index contributed by atoms with van der Waals surface area (Å²) < 4.78 is 36.7. The topological polar surface area (TPSA) is 88.2 Å². The SMILES string of the molecule is CS(=O)(=O)N1CCCC(N(CCNC(=O)COc2ccccc2)C2CCOCC2)C1. The quantitative estimate of drug-likeness (QED) is 0.620. The van der Waals surface area contributed by atoms with Gasteiger partial charge in [-0.3, -0.25) is 9.69 Å². The molecule has 1 unspecified atom stereocenters. The molecule has 1 aromatic rings. The summed E-state index contributed by atoms with van der Waals surface area (Å²) >= 11 is 0. The van der Waals surface area contributed by atoms with E-state index >= 15 is 0 Å². The molecule has 0 aliphatic carbocycles. The lowest BCUT2D eigenvalue weighted by atomic mass is 9.99. The van der Waals surface area contributed by atoms with Crippen molar-refractivity contribution in [3.63, 3.8) is 0 Å². The number of rotatable bonds is 9. The lowest BCUT2D eigenvalue weighted by Crippen LogP contribution is -2.55. The Kier molecular flexibility index (Phi) is 8.50. The molecule has 2 fully saturated rings. The summed E-state index contributed by atoms with van der Waals surface area (Å²) in [7, 11) is -3.19. The number of hydrogen-bond donors (Lipinski definition) is 1. The fourth-order valence-corrected chi connectivity index (χ4v) is 5.12. The molecule has 9 heteroatoms. The zero-order chi connectivity index (χ0) is 21.4. The molecule has 0 aromatic heterocycles. The Labute approximate surface area is 179 Å². The molecule has 0 radical (unpaired) electrons. The number of benzene rings is 1. The predicted octanol–water partition coefficient (Wildman–Crippen LogP) is 1.09. The van der Waals surface area contributed by atoms with Crippen LogP contribution in [0.1, 0.15) is 25.7 Å². The largest absolute Gasteiger partial charge is 0.484 e. The van der Waals surface area contributed by atoms with Crippen molar-refractivity contribution in [3.8, 4) is 5.75 Å². The zero-order valence-corrected chi connectivity index (χ0v) is 18.5. The number of piperidine rings is 1. The Morgan fingerprint density at radius 1 is 1.20 bits per heavy atom. The lowest BCUT2D eigenvalue weighted by molar-refractivity contribution is -0.123. The molecule has 1 N–H and O–H groups in total. The van der Waals surface area contributed by atoms with Crippen molar-refractivity contribution in [1.82, 2.24) is 14.5 Å². The fraction of sp³-hybridized carbons (Fsp3) is 0.667. The summed E-state index contributed by atoms with van der Waals surface area (Å²) in [5.41, 5.74) is 0. The summed E-state index contributed by atoms with van der Waals surface area (Å²) in [5, 5.41) is 2.93. The van der Waals surface area contributed by atoms with Crippen LogP contribution >= 0.6 is 0 Å². The standard InChI is InChI=1S/C21H33N3O5S/c1-30(26,27)23-12-5-6-19(16-23)24(18-9-14-28-15-10-18)13-11-22-21(25)17-29-20-7-3-2-4-8-20/h2-4,7-8,18-19H,5-6,9-17H2,1H3,(H,22,25). The maximum absolute atomic E-state index is 12.2. The van der Waals surface area contributed by atoms with E-state index in [1.54, 1.807) is 4.31 Å².